The van der Waals surface area contributed by atoms with Crippen LogP contribution in [0.1, 0.15) is 17.8 Å². The quantitative estimate of drug-likeness (QED) is 0.716. The summed E-state index contributed by atoms with van der Waals surface area (Å²) in [4.78, 5) is 18.1. The normalized spacial score (nSPS) is 22.4. The zero-order chi connectivity index (χ0) is 17.1. The molecule has 0 N–H and O–H groups in total. The summed E-state index contributed by atoms with van der Waals surface area (Å²) in [7, 11) is 0. The van der Waals surface area contributed by atoms with Crippen LogP contribution in [0.15, 0.2) is 28.7 Å². The van der Waals surface area contributed by atoms with Crippen LogP contribution in [-0.4, -0.2) is 40.1 Å². The lowest BCUT2D eigenvalue weighted by Crippen LogP contribution is -2.69. The van der Waals surface area contributed by atoms with Gasteiger partial charge in [-0.15, -0.1) is 0 Å². The Labute approximate surface area is 144 Å². The fourth-order valence-electron chi connectivity index (χ4n) is 3.93. The molecule has 25 heavy (non-hydrogen) atoms. The summed E-state index contributed by atoms with van der Waals surface area (Å²) >= 11 is 0. The summed E-state index contributed by atoms with van der Waals surface area (Å²) in [6.07, 6.45) is 1.11. The average Bonchev–Trinajstić information content (AvgIpc) is 2.95. The molecule has 3 aromatic rings. The van der Waals surface area contributed by atoms with Gasteiger partial charge in [-0.25, -0.2) is 14.4 Å². The van der Waals surface area contributed by atoms with Crippen molar-refractivity contribution in [1.82, 2.24) is 15.0 Å². The highest BCUT2D eigenvalue weighted by molar-refractivity contribution is 5.75. The van der Waals surface area contributed by atoms with Gasteiger partial charge in [0.25, 0.3) is 6.01 Å². The SMILES string of the molecule is Cc1cc(C)nc(N2CC3CC(C2)N3c2nc3ccc(F)cc3o2)n1. The fraction of sp³-hybridized carbons (Fsp3) is 0.389. The summed E-state index contributed by atoms with van der Waals surface area (Å²) in [6, 6.07) is 7.66. The number of piperazine rings is 1. The molecule has 2 aromatic heterocycles. The first-order valence-electron chi connectivity index (χ1n) is 8.48. The Morgan fingerprint density at radius 3 is 2.48 bits per heavy atom. The number of aromatic nitrogens is 3. The van der Waals surface area contributed by atoms with Crippen LogP contribution in [0.3, 0.4) is 0 Å². The van der Waals surface area contributed by atoms with Crippen LogP contribution in [0.4, 0.5) is 16.4 Å². The minimum absolute atomic E-state index is 0.308. The second-order valence-electron chi connectivity index (χ2n) is 6.91. The van der Waals surface area contributed by atoms with Crippen molar-refractivity contribution in [3.05, 3.63) is 41.5 Å². The molecule has 0 amide bonds. The molecule has 0 radical (unpaired) electrons. The molecular formula is C18H18FN5O. The summed E-state index contributed by atoms with van der Waals surface area (Å²) in [5, 5.41) is 0. The van der Waals surface area contributed by atoms with Gasteiger partial charge >= 0.3 is 0 Å². The lowest BCUT2D eigenvalue weighted by atomic mass is 9.88. The van der Waals surface area contributed by atoms with Crippen molar-refractivity contribution in [3.63, 3.8) is 0 Å². The van der Waals surface area contributed by atoms with Gasteiger partial charge in [0.1, 0.15) is 11.3 Å². The number of halogens is 1. The van der Waals surface area contributed by atoms with Crippen LogP contribution < -0.4 is 9.80 Å². The van der Waals surface area contributed by atoms with E-state index in [0.717, 1.165) is 36.8 Å². The zero-order valence-electron chi connectivity index (χ0n) is 14.1. The molecule has 5 heterocycles. The van der Waals surface area contributed by atoms with Crippen LogP contribution >= 0.6 is 0 Å². The molecule has 6 nitrogen and oxygen atoms in total. The number of hydrogen-bond acceptors (Lipinski definition) is 6. The topological polar surface area (TPSA) is 58.3 Å². The maximum absolute atomic E-state index is 13.4. The molecule has 7 heteroatoms. The lowest BCUT2D eigenvalue weighted by molar-refractivity contribution is 0.269. The number of oxazole rings is 1. The Bertz CT molecular complexity index is 939. The second-order valence-corrected chi connectivity index (χ2v) is 6.91. The highest BCUT2D eigenvalue weighted by Gasteiger charge is 2.47. The highest BCUT2D eigenvalue weighted by Crippen LogP contribution is 2.38. The standard InChI is InChI=1S/C18H18FN5O/c1-10-5-11(2)21-17(20-10)23-8-13-7-14(9-23)24(13)18-22-15-4-3-12(19)6-16(15)25-18/h3-6,13-14H,7-9H2,1-2H3. The first-order valence-corrected chi connectivity index (χ1v) is 8.48. The van der Waals surface area contributed by atoms with E-state index in [1.54, 1.807) is 6.07 Å². The molecule has 3 fully saturated rings. The van der Waals surface area contributed by atoms with Crippen LogP contribution in [-0.2, 0) is 0 Å². The van der Waals surface area contributed by atoms with E-state index >= 15 is 0 Å². The van der Waals surface area contributed by atoms with E-state index in [0.29, 0.717) is 29.2 Å². The first-order chi connectivity index (χ1) is 12.1. The van der Waals surface area contributed by atoms with Crippen molar-refractivity contribution < 1.29 is 8.81 Å². The number of benzene rings is 1. The number of piperidine rings is 1. The third-order valence-electron chi connectivity index (χ3n) is 5.01. The van der Waals surface area contributed by atoms with Crippen LogP contribution in [0.5, 0.6) is 0 Å². The van der Waals surface area contributed by atoms with E-state index in [9.17, 15) is 4.39 Å². The summed E-state index contributed by atoms with van der Waals surface area (Å²) in [5.74, 6) is 0.489. The molecule has 2 unspecified atom stereocenters. The third kappa shape index (κ3) is 2.33. The Kier molecular flexibility index (Phi) is 3.01. The number of aryl methyl sites for hydroxylation is 2. The molecule has 1 aromatic carbocycles. The predicted molar refractivity (Wildman–Crippen MR) is 92.4 cm³/mol. The van der Waals surface area contributed by atoms with Crippen molar-refractivity contribution >= 4 is 23.1 Å². The van der Waals surface area contributed by atoms with Crippen molar-refractivity contribution in [3.8, 4) is 0 Å². The van der Waals surface area contributed by atoms with Crippen LogP contribution in [0.2, 0.25) is 0 Å². The maximum Gasteiger partial charge on any atom is 0.299 e. The van der Waals surface area contributed by atoms with Gasteiger partial charge in [-0.1, -0.05) is 0 Å². The van der Waals surface area contributed by atoms with Gasteiger partial charge in [-0.3, -0.25) is 0 Å². The van der Waals surface area contributed by atoms with Gasteiger partial charge in [-0.2, -0.15) is 4.98 Å². The van der Waals surface area contributed by atoms with Crippen molar-refractivity contribution in [2.24, 2.45) is 0 Å². The zero-order valence-corrected chi connectivity index (χ0v) is 14.1. The molecule has 2 atom stereocenters. The smallest absolute Gasteiger partial charge is 0.299 e. The van der Waals surface area contributed by atoms with Gasteiger partial charge < -0.3 is 14.2 Å². The molecule has 3 aliphatic rings. The minimum Gasteiger partial charge on any atom is -0.423 e. The Balaban J connectivity index is 1.40. The van der Waals surface area contributed by atoms with Gasteiger partial charge in [-0.05, 0) is 38.5 Å². The lowest BCUT2D eigenvalue weighted by Gasteiger charge is -2.55. The average molecular weight is 339 g/mol. The van der Waals surface area contributed by atoms with Gasteiger partial charge in [0.05, 0.1) is 12.1 Å². The van der Waals surface area contributed by atoms with E-state index in [1.165, 1.54) is 12.1 Å². The van der Waals surface area contributed by atoms with Crippen molar-refractivity contribution in [2.75, 3.05) is 22.9 Å². The van der Waals surface area contributed by atoms with E-state index < -0.39 is 0 Å². The Hall–Kier alpha value is -2.70. The molecule has 3 saturated heterocycles. The highest BCUT2D eigenvalue weighted by atomic mass is 19.1. The fourth-order valence-corrected chi connectivity index (χ4v) is 3.93. The molecule has 6 rings (SSSR count). The summed E-state index contributed by atoms with van der Waals surface area (Å²) in [5.41, 5.74) is 3.16. The number of fused-ring (bicyclic) bond motifs is 3. The second kappa shape index (κ2) is 5.15. The molecule has 0 aliphatic carbocycles. The monoisotopic (exact) mass is 339 g/mol. The van der Waals surface area contributed by atoms with Crippen molar-refractivity contribution in [1.29, 1.82) is 0 Å². The number of hydrogen-bond donors (Lipinski definition) is 0. The molecule has 3 aliphatic heterocycles. The largest absolute Gasteiger partial charge is 0.423 e. The van der Waals surface area contributed by atoms with Crippen LogP contribution in [0.25, 0.3) is 11.1 Å². The molecule has 2 bridgehead atoms. The Morgan fingerprint density at radius 2 is 1.76 bits per heavy atom. The predicted octanol–water partition coefficient (Wildman–Crippen LogP) is 2.84. The molecule has 128 valence electrons. The molecule has 0 saturated carbocycles. The third-order valence-corrected chi connectivity index (χ3v) is 5.01. The van der Waals surface area contributed by atoms with E-state index in [-0.39, 0.29) is 5.82 Å². The number of anilines is 2. The van der Waals surface area contributed by atoms with E-state index in [2.05, 4.69) is 24.8 Å². The van der Waals surface area contributed by atoms with Crippen LogP contribution in [0, 0.1) is 19.7 Å². The minimum atomic E-state index is -0.308. The van der Waals surface area contributed by atoms with E-state index in [4.69, 9.17) is 4.42 Å². The number of nitrogens with zero attached hydrogens (tertiary/aromatic N) is 5. The van der Waals surface area contributed by atoms with Gasteiger partial charge in [0, 0.05) is 30.5 Å². The van der Waals surface area contributed by atoms with E-state index in [1.807, 2.05) is 19.9 Å². The first kappa shape index (κ1) is 14.6. The van der Waals surface area contributed by atoms with Gasteiger partial charge in [0.15, 0.2) is 5.58 Å². The Morgan fingerprint density at radius 1 is 1.04 bits per heavy atom. The molecular weight excluding hydrogens is 321 g/mol. The molecule has 0 spiro atoms. The number of rotatable bonds is 2. The summed E-state index contributed by atoms with van der Waals surface area (Å²) in [6.45, 7) is 5.66. The van der Waals surface area contributed by atoms with Gasteiger partial charge in [0.2, 0.25) is 5.95 Å². The summed E-state index contributed by atoms with van der Waals surface area (Å²) < 4.78 is 19.1. The van der Waals surface area contributed by atoms with Crippen molar-refractivity contribution in [2.45, 2.75) is 32.4 Å². The maximum atomic E-state index is 13.4.